The summed E-state index contributed by atoms with van der Waals surface area (Å²) in [4.78, 5) is 8.79. The highest BCUT2D eigenvalue weighted by atomic mass is 32.1. The highest BCUT2D eigenvalue weighted by molar-refractivity contribution is 7.12. The molecular formula is C14H23N3S. The molecular weight excluding hydrogens is 242 g/mol. The van der Waals surface area contributed by atoms with E-state index in [0.717, 1.165) is 12.8 Å². The van der Waals surface area contributed by atoms with Gasteiger partial charge in [0.2, 0.25) is 0 Å². The van der Waals surface area contributed by atoms with Crippen molar-refractivity contribution in [1.82, 2.24) is 9.88 Å². The lowest BCUT2D eigenvalue weighted by Gasteiger charge is -2.31. The van der Waals surface area contributed by atoms with E-state index in [1.807, 2.05) is 11.3 Å². The molecule has 3 nitrogen and oxygen atoms in total. The van der Waals surface area contributed by atoms with Gasteiger partial charge in [-0.3, -0.25) is 0 Å². The van der Waals surface area contributed by atoms with Gasteiger partial charge in [-0.15, -0.1) is 11.3 Å². The Balaban J connectivity index is 1.72. The van der Waals surface area contributed by atoms with Gasteiger partial charge in [0.15, 0.2) is 0 Å². The van der Waals surface area contributed by atoms with E-state index in [2.05, 4.69) is 18.9 Å². The molecule has 2 fully saturated rings. The van der Waals surface area contributed by atoms with E-state index >= 15 is 0 Å². The van der Waals surface area contributed by atoms with Gasteiger partial charge in [0.25, 0.3) is 0 Å². The predicted octanol–water partition coefficient (Wildman–Crippen LogP) is 2.47. The fourth-order valence-electron chi connectivity index (χ4n) is 3.11. The zero-order valence-electron chi connectivity index (χ0n) is 11.4. The lowest BCUT2D eigenvalue weighted by atomic mass is 9.79. The first-order valence-corrected chi connectivity index (χ1v) is 7.86. The van der Waals surface area contributed by atoms with Crippen molar-refractivity contribution in [2.75, 3.05) is 20.1 Å². The minimum Gasteiger partial charge on any atom is -0.328 e. The lowest BCUT2D eigenvalue weighted by molar-refractivity contribution is 0.255. The fourth-order valence-corrected chi connectivity index (χ4v) is 4.48. The van der Waals surface area contributed by atoms with E-state index in [9.17, 15) is 0 Å². The Labute approximate surface area is 113 Å². The molecule has 1 aromatic heterocycles. The number of aryl methyl sites for hydroxylation is 1. The van der Waals surface area contributed by atoms with Crippen molar-refractivity contribution in [2.24, 2.45) is 5.73 Å². The first-order chi connectivity index (χ1) is 8.63. The average molecular weight is 265 g/mol. The number of thiazole rings is 1. The molecule has 0 aromatic carbocycles. The number of hydrogen-bond donors (Lipinski definition) is 1. The smallest absolute Gasteiger partial charge is 0.0962 e. The van der Waals surface area contributed by atoms with Crippen LogP contribution in [0.25, 0.3) is 0 Å². The van der Waals surface area contributed by atoms with Crippen LogP contribution < -0.4 is 5.73 Å². The third-order valence-electron chi connectivity index (χ3n) is 4.46. The maximum absolute atomic E-state index is 5.90. The normalized spacial score (nSPS) is 30.4. The molecule has 0 atom stereocenters. The van der Waals surface area contributed by atoms with Crippen LogP contribution in [0.15, 0.2) is 0 Å². The molecule has 1 aliphatic heterocycles. The van der Waals surface area contributed by atoms with Gasteiger partial charge in [-0.2, -0.15) is 0 Å². The van der Waals surface area contributed by atoms with Gasteiger partial charge < -0.3 is 10.6 Å². The second kappa shape index (κ2) is 4.91. The molecule has 3 rings (SSSR count). The average Bonchev–Trinajstić information content (AvgIpc) is 2.68. The first-order valence-electron chi connectivity index (χ1n) is 7.05. The molecule has 1 aromatic rings. The van der Waals surface area contributed by atoms with Crippen molar-refractivity contribution < 1.29 is 0 Å². The maximum atomic E-state index is 5.90. The molecule has 2 N–H and O–H groups in total. The van der Waals surface area contributed by atoms with Gasteiger partial charge in [0.05, 0.1) is 10.7 Å². The monoisotopic (exact) mass is 265 g/mol. The predicted molar refractivity (Wildman–Crippen MR) is 76.3 cm³/mol. The summed E-state index contributed by atoms with van der Waals surface area (Å²) < 4.78 is 0. The number of nitrogens with two attached hydrogens (primary N) is 1. The molecule has 0 unspecified atom stereocenters. The molecule has 18 heavy (non-hydrogen) atoms. The zero-order valence-corrected chi connectivity index (χ0v) is 12.2. The number of hydrogen-bond acceptors (Lipinski definition) is 4. The van der Waals surface area contributed by atoms with Crippen molar-refractivity contribution in [3.05, 3.63) is 15.6 Å². The summed E-state index contributed by atoms with van der Waals surface area (Å²) in [6.45, 7) is 4.61. The summed E-state index contributed by atoms with van der Waals surface area (Å²) in [5, 5.41) is 1.39. The lowest BCUT2D eigenvalue weighted by Crippen LogP contribution is -2.34. The summed E-state index contributed by atoms with van der Waals surface area (Å²) in [6.07, 6.45) is 4.87. The molecule has 1 saturated heterocycles. The van der Waals surface area contributed by atoms with Crippen LogP contribution in [0.5, 0.6) is 0 Å². The van der Waals surface area contributed by atoms with E-state index in [0.29, 0.717) is 17.9 Å². The van der Waals surface area contributed by atoms with Crippen LogP contribution in [0, 0.1) is 6.92 Å². The summed E-state index contributed by atoms with van der Waals surface area (Å²) in [5.74, 6) is 1.41. The van der Waals surface area contributed by atoms with Crippen molar-refractivity contribution in [3.8, 4) is 0 Å². The number of piperidine rings is 1. The van der Waals surface area contributed by atoms with Gasteiger partial charge in [-0.25, -0.2) is 4.98 Å². The number of aromatic nitrogens is 1. The van der Waals surface area contributed by atoms with Crippen LogP contribution in [0.1, 0.15) is 53.1 Å². The topological polar surface area (TPSA) is 42.2 Å². The van der Waals surface area contributed by atoms with E-state index in [-0.39, 0.29) is 0 Å². The molecule has 100 valence electrons. The molecule has 4 heteroatoms. The van der Waals surface area contributed by atoms with Gasteiger partial charge in [-0.05, 0) is 58.7 Å². The Morgan fingerprint density at radius 2 is 1.89 bits per heavy atom. The summed E-state index contributed by atoms with van der Waals surface area (Å²) in [6, 6.07) is 0.434. The Hall–Kier alpha value is -0.450. The quantitative estimate of drug-likeness (QED) is 0.893. The van der Waals surface area contributed by atoms with Crippen LogP contribution in [0.3, 0.4) is 0 Å². The van der Waals surface area contributed by atoms with Crippen LogP contribution in [0.2, 0.25) is 0 Å². The Bertz CT molecular complexity index is 415. The second-order valence-corrected chi connectivity index (χ2v) is 7.07. The fraction of sp³-hybridized carbons (Fsp3) is 0.786. The highest BCUT2D eigenvalue weighted by Gasteiger charge is 2.31. The third kappa shape index (κ3) is 2.33. The molecule has 0 bridgehead atoms. The summed E-state index contributed by atoms with van der Waals surface area (Å²) in [7, 11) is 2.21. The van der Waals surface area contributed by atoms with Crippen LogP contribution in [0.4, 0.5) is 0 Å². The first kappa shape index (κ1) is 12.6. The van der Waals surface area contributed by atoms with Crippen molar-refractivity contribution in [2.45, 2.75) is 50.5 Å². The third-order valence-corrected chi connectivity index (χ3v) is 5.94. The number of rotatable bonds is 2. The van der Waals surface area contributed by atoms with Crippen molar-refractivity contribution in [1.29, 1.82) is 0 Å². The Morgan fingerprint density at radius 1 is 1.22 bits per heavy atom. The molecule has 2 aliphatic rings. The van der Waals surface area contributed by atoms with Gasteiger partial charge in [-0.1, -0.05) is 0 Å². The van der Waals surface area contributed by atoms with E-state index in [1.165, 1.54) is 41.5 Å². The maximum Gasteiger partial charge on any atom is 0.0962 e. The molecule has 0 radical (unpaired) electrons. The Morgan fingerprint density at radius 3 is 2.50 bits per heavy atom. The van der Waals surface area contributed by atoms with Crippen molar-refractivity contribution in [3.63, 3.8) is 0 Å². The number of likely N-dealkylation sites (tertiary alicyclic amines) is 1. The second-order valence-electron chi connectivity index (χ2n) is 6.01. The van der Waals surface area contributed by atoms with Crippen molar-refractivity contribution >= 4 is 11.3 Å². The van der Waals surface area contributed by atoms with E-state index < -0.39 is 0 Å². The molecule has 1 saturated carbocycles. The molecule has 0 spiro atoms. The standard InChI is InChI=1S/C14H23N3S/c1-9-13(11-7-12(15)8-11)18-14(16-9)10-3-5-17(2)6-4-10/h10-12H,3-8,15H2,1-2H3. The van der Waals surface area contributed by atoms with E-state index in [4.69, 9.17) is 10.7 Å². The largest absolute Gasteiger partial charge is 0.328 e. The minimum absolute atomic E-state index is 0.434. The van der Waals surface area contributed by atoms with E-state index in [1.54, 1.807) is 0 Å². The molecule has 2 heterocycles. The van der Waals surface area contributed by atoms with Gasteiger partial charge in [0.1, 0.15) is 0 Å². The summed E-state index contributed by atoms with van der Waals surface area (Å²) >= 11 is 1.97. The summed E-state index contributed by atoms with van der Waals surface area (Å²) in [5.41, 5.74) is 7.17. The minimum atomic E-state index is 0.434. The zero-order chi connectivity index (χ0) is 12.7. The molecule has 1 aliphatic carbocycles. The van der Waals surface area contributed by atoms with Crippen LogP contribution >= 0.6 is 11.3 Å². The SMILES string of the molecule is Cc1nc(C2CCN(C)CC2)sc1C1CC(N)C1. The van der Waals surface area contributed by atoms with Gasteiger partial charge >= 0.3 is 0 Å². The van der Waals surface area contributed by atoms with Gasteiger partial charge in [0, 0.05) is 16.8 Å². The highest BCUT2D eigenvalue weighted by Crippen LogP contribution is 2.42. The molecule has 0 amide bonds. The Kier molecular flexibility index (Phi) is 3.43. The van der Waals surface area contributed by atoms with Crippen LogP contribution in [-0.4, -0.2) is 36.1 Å². The number of nitrogens with zero attached hydrogens (tertiary/aromatic N) is 2. The van der Waals surface area contributed by atoms with Crippen LogP contribution in [-0.2, 0) is 0 Å².